The number of aliphatic hydroxyl groups is 1. The van der Waals surface area contributed by atoms with Gasteiger partial charge in [0.15, 0.2) is 0 Å². The van der Waals surface area contributed by atoms with Crippen molar-refractivity contribution in [2.45, 2.75) is 25.3 Å². The number of rotatable bonds is 6. The molecule has 0 fully saturated rings. The average molecular weight is 146 g/mol. The van der Waals surface area contributed by atoms with Crippen molar-refractivity contribution < 1.29 is 5.11 Å². The SMILES string of the molecule is CNCCCCC(N)CO. The number of aliphatic hydroxyl groups excluding tert-OH is 1. The van der Waals surface area contributed by atoms with Crippen molar-refractivity contribution in [2.24, 2.45) is 5.73 Å². The largest absolute Gasteiger partial charge is 0.395 e. The molecule has 1 atom stereocenters. The summed E-state index contributed by atoms with van der Waals surface area (Å²) in [4.78, 5) is 0. The van der Waals surface area contributed by atoms with E-state index in [9.17, 15) is 0 Å². The molecule has 0 aliphatic rings. The van der Waals surface area contributed by atoms with Crippen molar-refractivity contribution in [2.75, 3.05) is 20.2 Å². The van der Waals surface area contributed by atoms with Crippen LogP contribution in [0.1, 0.15) is 19.3 Å². The van der Waals surface area contributed by atoms with E-state index in [0.717, 1.165) is 25.8 Å². The molecule has 0 radical (unpaired) electrons. The van der Waals surface area contributed by atoms with Crippen molar-refractivity contribution in [3.63, 3.8) is 0 Å². The summed E-state index contributed by atoms with van der Waals surface area (Å²) in [5, 5.41) is 11.6. The van der Waals surface area contributed by atoms with Gasteiger partial charge in [-0.3, -0.25) is 0 Å². The molecule has 0 aliphatic carbocycles. The first-order chi connectivity index (χ1) is 4.81. The highest BCUT2D eigenvalue weighted by atomic mass is 16.3. The van der Waals surface area contributed by atoms with E-state index in [2.05, 4.69) is 5.32 Å². The van der Waals surface area contributed by atoms with Crippen molar-refractivity contribution in [1.82, 2.24) is 5.32 Å². The number of nitrogens with two attached hydrogens (primary N) is 1. The van der Waals surface area contributed by atoms with Gasteiger partial charge in [0.1, 0.15) is 0 Å². The van der Waals surface area contributed by atoms with Crippen LogP contribution in [0.25, 0.3) is 0 Å². The number of nitrogens with one attached hydrogen (secondary N) is 1. The summed E-state index contributed by atoms with van der Waals surface area (Å²) >= 11 is 0. The third-order valence-electron chi connectivity index (χ3n) is 1.49. The summed E-state index contributed by atoms with van der Waals surface area (Å²) < 4.78 is 0. The first-order valence-electron chi connectivity index (χ1n) is 3.82. The highest BCUT2D eigenvalue weighted by molar-refractivity contribution is 4.58. The van der Waals surface area contributed by atoms with Gasteiger partial charge in [-0.2, -0.15) is 0 Å². The molecule has 1 unspecified atom stereocenters. The Labute approximate surface area is 62.6 Å². The Bertz CT molecular complexity index is 68.6. The van der Waals surface area contributed by atoms with Crippen molar-refractivity contribution in [3.8, 4) is 0 Å². The predicted molar refractivity (Wildman–Crippen MR) is 42.8 cm³/mol. The Kier molecular flexibility index (Phi) is 6.91. The lowest BCUT2D eigenvalue weighted by atomic mass is 10.1. The van der Waals surface area contributed by atoms with Gasteiger partial charge in [0.05, 0.1) is 6.61 Å². The van der Waals surface area contributed by atoms with E-state index in [1.54, 1.807) is 0 Å². The Morgan fingerprint density at radius 3 is 2.70 bits per heavy atom. The van der Waals surface area contributed by atoms with Gasteiger partial charge in [-0.25, -0.2) is 0 Å². The molecule has 62 valence electrons. The van der Waals surface area contributed by atoms with Crippen molar-refractivity contribution in [1.29, 1.82) is 0 Å². The van der Waals surface area contributed by atoms with Crippen LogP contribution in [0.5, 0.6) is 0 Å². The normalized spacial score (nSPS) is 13.5. The van der Waals surface area contributed by atoms with Crippen LogP contribution in [-0.2, 0) is 0 Å². The molecule has 0 saturated heterocycles. The maximum atomic E-state index is 8.55. The molecule has 3 nitrogen and oxygen atoms in total. The van der Waals surface area contributed by atoms with E-state index in [0.29, 0.717) is 0 Å². The van der Waals surface area contributed by atoms with Gasteiger partial charge in [0.25, 0.3) is 0 Å². The molecule has 0 heterocycles. The summed E-state index contributed by atoms with van der Waals surface area (Å²) in [7, 11) is 1.94. The minimum absolute atomic E-state index is 0.0168. The van der Waals surface area contributed by atoms with Crippen LogP contribution in [0, 0.1) is 0 Å². The number of hydrogen-bond acceptors (Lipinski definition) is 3. The van der Waals surface area contributed by atoms with E-state index in [1.165, 1.54) is 0 Å². The Hall–Kier alpha value is -0.120. The topological polar surface area (TPSA) is 58.3 Å². The zero-order valence-electron chi connectivity index (χ0n) is 6.64. The van der Waals surface area contributed by atoms with Gasteiger partial charge in [-0.05, 0) is 26.4 Å². The number of hydrogen-bond donors (Lipinski definition) is 3. The molecule has 0 rings (SSSR count). The zero-order chi connectivity index (χ0) is 7.82. The number of unbranched alkanes of at least 4 members (excludes halogenated alkanes) is 1. The second-order valence-electron chi connectivity index (χ2n) is 2.54. The molecule has 10 heavy (non-hydrogen) atoms. The molecule has 0 aliphatic heterocycles. The predicted octanol–water partition coefficient (Wildman–Crippen LogP) is -0.304. The van der Waals surface area contributed by atoms with Gasteiger partial charge < -0.3 is 16.2 Å². The van der Waals surface area contributed by atoms with Crippen LogP contribution in [-0.4, -0.2) is 31.3 Å². The zero-order valence-corrected chi connectivity index (χ0v) is 6.64. The molecule has 3 heteroatoms. The minimum atomic E-state index is -0.0168. The third kappa shape index (κ3) is 6.01. The highest BCUT2D eigenvalue weighted by Crippen LogP contribution is 1.96. The monoisotopic (exact) mass is 146 g/mol. The molecule has 0 aromatic heterocycles. The van der Waals surface area contributed by atoms with E-state index in [-0.39, 0.29) is 12.6 Å². The Morgan fingerprint density at radius 2 is 2.20 bits per heavy atom. The fourth-order valence-corrected chi connectivity index (χ4v) is 0.800. The van der Waals surface area contributed by atoms with Crippen molar-refractivity contribution in [3.05, 3.63) is 0 Å². The molecular weight excluding hydrogens is 128 g/mol. The second-order valence-corrected chi connectivity index (χ2v) is 2.54. The highest BCUT2D eigenvalue weighted by Gasteiger charge is 1.97. The standard InChI is InChI=1S/C7H18N2O/c1-9-5-3-2-4-7(8)6-10/h7,9-10H,2-6,8H2,1H3. The molecule has 0 amide bonds. The molecule has 0 aromatic carbocycles. The molecule has 4 N–H and O–H groups in total. The van der Waals surface area contributed by atoms with Gasteiger partial charge in [0.2, 0.25) is 0 Å². The lowest BCUT2D eigenvalue weighted by Crippen LogP contribution is -2.24. The second kappa shape index (κ2) is 6.99. The van der Waals surface area contributed by atoms with Gasteiger partial charge in [-0.1, -0.05) is 6.42 Å². The molecule has 0 bridgehead atoms. The fraction of sp³-hybridized carbons (Fsp3) is 1.00. The Morgan fingerprint density at radius 1 is 1.50 bits per heavy atom. The molecule has 0 aromatic rings. The van der Waals surface area contributed by atoms with Crippen LogP contribution in [0.2, 0.25) is 0 Å². The lowest BCUT2D eigenvalue weighted by Gasteiger charge is -2.06. The maximum Gasteiger partial charge on any atom is 0.0582 e. The fourth-order valence-electron chi connectivity index (χ4n) is 0.800. The van der Waals surface area contributed by atoms with E-state index < -0.39 is 0 Å². The molecule has 0 saturated carbocycles. The summed E-state index contributed by atoms with van der Waals surface area (Å²) in [6.45, 7) is 1.15. The Balaban J connectivity index is 2.89. The summed E-state index contributed by atoms with van der Waals surface area (Å²) in [5.41, 5.74) is 5.48. The van der Waals surface area contributed by atoms with Crippen LogP contribution >= 0.6 is 0 Å². The van der Waals surface area contributed by atoms with Crippen LogP contribution in [0.15, 0.2) is 0 Å². The lowest BCUT2D eigenvalue weighted by molar-refractivity contribution is 0.257. The van der Waals surface area contributed by atoms with E-state index in [1.807, 2.05) is 7.05 Å². The molecular formula is C7H18N2O. The summed E-state index contributed by atoms with van der Waals surface area (Å²) in [5.74, 6) is 0. The maximum absolute atomic E-state index is 8.55. The molecule has 0 spiro atoms. The van der Waals surface area contributed by atoms with Gasteiger partial charge in [0, 0.05) is 6.04 Å². The van der Waals surface area contributed by atoms with Crippen LogP contribution < -0.4 is 11.1 Å². The average Bonchev–Trinajstić information content (AvgIpc) is 1.98. The van der Waals surface area contributed by atoms with E-state index >= 15 is 0 Å². The van der Waals surface area contributed by atoms with Gasteiger partial charge in [-0.15, -0.1) is 0 Å². The first kappa shape index (κ1) is 9.88. The summed E-state index contributed by atoms with van der Waals surface area (Å²) in [6.07, 6.45) is 3.17. The van der Waals surface area contributed by atoms with Crippen molar-refractivity contribution >= 4 is 0 Å². The van der Waals surface area contributed by atoms with E-state index in [4.69, 9.17) is 10.8 Å². The smallest absolute Gasteiger partial charge is 0.0582 e. The third-order valence-corrected chi connectivity index (χ3v) is 1.49. The van der Waals surface area contributed by atoms with Crippen LogP contribution in [0.4, 0.5) is 0 Å². The van der Waals surface area contributed by atoms with Crippen LogP contribution in [0.3, 0.4) is 0 Å². The summed E-state index contributed by atoms with van der Waals surface area (Å²) in [6, 6.07) is -0.0168. The minimum Gasteiger partial charge on any atom is -0.395 e. The first-order valence-corrected chi connectivity index (χ1v) is 3.82. The van der Waals surface area contributed by atoms with Gasteiger partial charge >= 0.3 is 0 Å². The quantitative estimate of drug-likeness (QED) is 0.451.